The van der Waals surface area contributed by atoms with Crippen LogP contribution in [0.4, 0.5) is 13.2 Å². The fourth-order valence-corrected chi connectivity index (χ4v) is 2.59. The summed E-state index contributed by atoms with van der Waals surface area (Å²) in [5.74, 6) is 5.63. The van der Waals surface area contributed by atoms with Crippen molar-refractivity contribution in [2.75, 3.05) is 0 Å². The predicted octanol–water partition coefficient (Wildman–Crippen LogP) is 4.28. The van der Waals surface area contributed by atoms with Crippen LogP contribution in [-0.4, -0.2) is 24.7 Å². The Morgan fingerprint density at radius 2 is 1.21 bits per heavy atom. The maximum atomic E-state index is 12.2. The molecule has 1 saturated heterocycles. The zero-order valence-electron chi connectivity index (χ0n) is 16.1. The van der Waals surface area contributed by atoms with Crippen molar-refractivity contribution in [3.8, 4) is 17.6 Å². The summed E-state index contributed by atoms with van der Waals surface area (Å²) < 4.78 is 52.4. The zero-order chi connectivity index (χ0) is 20.6. The number of hydrogen-bond donors (Lipinski definition) is 0. The van der Waals surface area contributed by atoms with E-state index in [0.29, 0.717) is 5.56 Å². The third-order valence-electron chi connectivity index (χ3n) is 4.88. The standard InChI is InChI=1S/C21H20BF3O3/c1-19(2)20(3,4)28-22(27-19)17-11-7-15(8-12-17)5-6-16-9-13-18(14-10-16)26-21(23,24)25/h7-14H,1-4H3. The van der Waals surface area contributed by atoms with E-state index in [1.165, 1.54) is 24.3 Å². The van der Waals surface area contributed by atoms with Gasteiger partial charge >= 0.3 is 13.5 Å². The van der Waals surface area contributed by atoms with Crippen molar-refractivity contribution in [2.45, 2.75) is 45.3 Å². The van der Waals surface area contributed by atoms with Gasteiger partial charge in [0.15, 0.2) is 0 Å². The quantitative estimate of drug-likeness (QED) is 0.568. The molecular formula is C21H20BF3O3. The van der Waals surface area contributed by atoms with Gasteiger partial charge in [-0.05, 0) is 69.6 Å². The van der Waals surface area contributed by atoms with Gasteiger partial charge in [0, 0.05) is 11.1 Å². The van der Waals surface area contributed by atoms with Crippen LogP contribution in [0.2, 0.25) is 0 Å². The molecule has 146 valence electrons. The van der Waals surface area contributed by atoms with Gasteiger partial charge in [0.05, 0.1) is 11.2 Å². The highest BCUT2D eigenvalue weighted by Crippen LogP contribution is 2.36. The summed E-state index contributed by atoms with van der Waals surface area (Å²) in [6.07, 6.45) is -4.70. The van der Waals surface area contributed by atoms with Crippen molar-refractivity contribution in [2.24, 2.45) is 0 Å². The maximum absolute atomic E-state index is 12.2. The lowest BCUT2D eigenvalue weighted by atomic mass is 9.79. The van der Waals surface area contributed by atoms with Gasteiger partial charge in [-0.3, -0.25) is 0 Å². The highest BCUT2D eigenvalue weighted by Gasteiger charge is 2.51. The van der Waals surface area contributed by atoms with Crippen LogP contribution in [0.15, 0.2) is 48.5 Å². The minimum absolute atomic E-state index is 0.273. The second-order valence-electron chi connectivity index (χ2n) is 7.53. The monoisotopic (exact) mass is 388 g/mol. The molecule has 0 atom stereocenters. The van der Waals surface area contributed by atoms with E-state index in [1.54, 1.807) is 0 Å². The van der Waals surface area contributed by atoms with Gasteiger partial charge in [0.1, 0.15) is 5.75 Å². The molecule has 3 rings (SSSR count). The second-order valence-corrected chi connectivity index (χ2v) is 7.53. The van der Waals surface area contributed by atoms with Crippen LogP contribution in [0.25, 0.3) is 0 Å². The number of alkyl halides is 3. The van der Waals surface area contributed by atoms with E-state index in [9.17, 15) is 13.2 Å². The number of halogens is 3. The Morgan fingerprint density at radius 3 is 1.64 bits per heavy atom. The van der Waals surface area contributed by atoms with E-state index in [2.05, 4.69) is 16.6 Å². The van der Waals surface area contributed by atoms with E-state index in [-0.39, 0.29) is 5.75 Å². The average Bonchev–Trinajstić information content (AvgIpc) is 2.81. The molecule has 28 heavy (non-hydrogen) atoms. The number of benzene rings is 2. The number of ether oxygens (including phenoxy) is 1. The summed E-state index contributed by atoms with van der Waals surface area (Å²) in [5.41, 5.74) is 1.45. The summed E-state index contributed by atoms with van der Waals surface area (Å²) in [6, 6.07) is 12.9. The Morgan fingerprint density at radius 1 is 0.786 bits per heavy atom. The van der Waals surface area contributed by atoms with Crippen LogP contribution in [0, 0.1) is 11.8 Å². The summed E-state index contributed by atoms with van der Waals surface area (Å²) in [6.45, 7) is 7.99. The van der Waals surface area contributed by atoms with Crippen LogP contribution < -0.4 is 10.2 Å². The second kappa shape index (κ2) is 7.19. The Kier molecular flexibility index (Phi) is 5.22. The smallest absolute Gasteiger partial charge is 0.406 e. The van der Waals surface area contributed by atoms with Crippen molar-refractivity contribution >= 4 is 12.6 Å². The SMILES string of the molecule is CC1(C)OB(c2ccc(C#Cc3ccc(OC(F)(F)F)cc3)cc2)OC1(C)C. The maximum Gasteiger partial charge on any atom is 0.573 e. The molecule has 0 N–H and O–H groups in total. The van der Waals surface area contributed by atoms with Crippen molar-refractivity contribution < 1.29 is 27.2 Å². The van der Waals surface area contributed by atoms with E-state index < -0.39 is 24.7 Å². The normalized spacial score (nSPS) is 17.8. The largest absolute Gasteiger partial charge is 0.573 e. The molecule has 7 heteroatoms. The Hall–Kier alpha value is -2.43. The molecule has 2 aromatic carbocycles. The molecule has 0 unspecified atom stereocenters. The predicted molar refractivity (Wildman–Crippen MR) is 101 cm³/mol. The fourth-order valence-electron chi connectivity index (χ4n) is 2.59. The molecule has 1 heterocycles. The molecule has 0 radical (unpaired) electrons. The zero-order valence-corrected chi connectivity index (χ0v) is 16.1. The van der Waals surface area contributed by atoms with Crippen molar-refractivity contribution in [3.63, 3.8) is 0 Å². The van der Waals surface area contributed by atoms with Crippen molar-refractivity contribution in [1.82, 2.24) is 0 Å². The van der Waals surface area contributed by atoms with Gasteiger partial charge in [-0.1, -0.05) is 24.0 Å². The molecule has 1 aliphatic heterocycles. The number of rotatable bonds is 2. The van der Waals surface area contributed by atoms with E-state index in [0.717, 1.165) is 11.0 Å². The Bertz CT molecular complexity index is 876. The summed E-state index contributed by atoms with van der Waals surface area (Å²) in [4.78, 5) is 0. The van der Waals surface area contributed by atoms with Crippen LogP contribution >= 0.6 is 0 Å². The van der Waals surface area contributed by atoms with Gasteiger partial charge in [0.25, 0.3) is 0 Å². The third-order valence-corrected chi connectivity index (χ3v) is 4.88. The molecule has 0 saturated carbocycles. The first-order valence-electron chi connectivity index (χ1n) is 8.79. The lowest BCUT2D eigenvalue weighted by Crippen LogP contribution is -2.41. The highest BCUT2D eigenvalue weighted by atomic mass is 19.4. The van der Waals surface area contributed by atoms with Crippen LogP contribution in [0.3, 0.4) is 0 Å². The molecular weight excluding hydrogens is 368 g/mol. The summed E-state index contributed by atoms with van der Waals surface area (Å²) in [5, 5.41) is 0. The third kappa shape index (κ3) is 4.70. The molecule has 0 amide bonds. The topological polar surface area (TPSA) is 27.7 Å². The van der Waals surface area contributed by atoms with Gasteiger partial charge < -0.3 is 14.0 Å². The Balaban J connectivity index is 1.67. The van der Waals surface area contributed by atoms with Gasteiger partial charge in [0.2, 0.25) is 0 Å². The van der Waals surface area contributed by atoms with Crippen LogP contribution in [0.1, 0.15) is 38.8 Å². The molecule has 0 aromatic heterocycles. The van der Waals surface area contributed by atoms with Gasteiger partial charge in [-0.15, -0.1) is 13.2 Å². The first-order chi connectivity index (χ1) is 13.0. The molecule has 3 nitrogen and oxygen atoms in total. The lowest BCUT2D eigenvalue weighted by Gasteiger charge is -2.32. The molecule has 0 bridgehead atoms. The van der Waals surface area contributed by atoms with Crippen LogP contribution in [-0.2, 0) is 9.31 Å². The minimum atomic E-state index is -4.70. The average molecular weight is 388 g/mol. The molecule has 0 aliphatic carbocycles. The van der Waals surface area contributed by atoms with E-state index in [1.807, 2.05) is 52.0 Å². The Labute approximate surface area is 162 Å². The fraction of sp³-hybridized carbons (Fsp3) is 0.333. The van der Waals surface area contributed by atoms with Crippen molar-refractivity contribution in [3.05, 3.63) is 59.7 Å². The first-order valence-corrected chi connectivity index (χ1v) is 8.79. The molecule has 0 spiro atoms. The van der Waals surface area contributed by atoms with E-state index in [4.69, 9.17) is 9.31 Å². The number of hydrogen-bond acceptors (Lipinski definition) is 3. The first kappa shape index (κ1) is 20.3. The van der Waals surface area contributed by atoms with E-state index >= 15 is 0 Å². The van der Waals surface area contributed by atoms with Gasteiger partial charge in [-0.25, -0.2) is 0 Å². The van der Waals surface area contributed by atoms with Gasteiger partial charge in [-0.2, -0.15) is 0 Å². The minimum Gasteiger partial charge on any atom is -0.406 e. The van der Waals surface area contributed by atoms with Crippen molar-refractivity contribution in [1.29, 1.82) is 0 Å². The highest BCUT2D eigenvalue weighted by molar-refractivity contribution is 6.62. The lowest BCUT2D eigenvalue weighted by molar-refractivity contribution is -0.274. The molecule has 1 fully saturated rings. The molecule has 1 aliphatic rings. The summed E-state index contributed by atoms with van der Waals surface area (Å²) in [7, 11) is -0.437. The van der Waals surface area contributed by atoms with Crippen LogP contribution in [0.5, 0.6) is 5.75 Å². The summed E-state index contributed by atoms with van der Waals surface area (Å²) >= 11 is 0. The molecule has 2 aromatic rings.